The van der Waals surface area contributed by atoms with Crippen molar-refractivity contribution in [2.45, 2.75) is 24.2 Å². The van der Waals surface area contributed by atoms with Crippen molar-refractivity contribution in [1.29, 1.82) is 0 Å². The Bertz CT molecular complexity index is 638. The highest BCUT2D eigenvalue weighted by molar-refractivity contribution is 8.13. The van der Waals surface area contributed by atoms with E-state index in [0.29, 0.717) is 19.4 Å². The van der Waals surface area contributed by atoms with E-state index in [-0.39, 0.29) is 10.5 Å². The number of nitrogens with one attached hydrogen (secondary N) is 1. The van der Waals surface area contributed by atoms with Crippen LogP contribution in [0, 0.1) is 18.2 Å². The summed E-state index contributed by atoms with van der Waals surface area (Å²) < 4.78 is 35.7. The molecule has 0 aliphatic rings. The number of carbonyl (C=O) groups excluding carboxylic acids is 1. The van der Waals surface area contributed by atoms with Crippen molar-refractivity contribution in [2.75, 3.05) is 6.54 Å². The summed E-state index contributed by atoms with van der Waals surface area (Å²) >= 11 is 0. The number of carbonyl (C=O) groups is 1. The van der Waals surface area contributed by atoms with E-state index in [1.165, 1.54) is 0 Å². The Morgan fingerprint density at radius 3 is 2.65 bits per heavy atom. The number of amides is 1. The highest BCUT2D eigenvalue weighted by Crippen LogP contribution is 2.18. The van der Waals surface area contributed by atoms with Crippen molar-refractivity contribution < 1.29 is 17.6 Å². The summed E-state index contributed by atoms with van der Waals surface area (Å²) in [4.78, 5) is 11.3. The van der Waals surface area contributed by atoms with E-state index < -0.39 is 20.8 Å². The maximum absolute atomic E-state index is 13.7. The molecule has 0 radical (unpaired) electrons. The number of unbranched alkanes of at least 4 members (excludes halogenated alkanes) is 2. The standard InChI is InChI=1S/C13H13ClFNO3S/c1-2-3-4-5-8-16-13(17)11-7-6-10(9-12(11)15)20(14,18)19/h1,6-7,9H,3-5,8H2,(H,16,17). The smallest absolute Gasteiger partial charge is 0.261 e. The first kappa shape index (κ1) is 16.5. The molecule has 20 heavy (non-hydrogen) atoms. The first-order valence-electron chi connectivity index (χ1n) is 5.82. The lowest BCUT2D eigenvalue weighted by atomic mass is 10.2. The predicted molar refractivity (Wildman–Crippen MR) is 74.5 cm³/mol. The molecule has 0 unspecified atom stereocenters. The van der Waals surface area contributed by atoms with Crippen LogP contribution in [0.2, 0.25) is 0 Å². The minimum atomic E-state index is -4.01. The Morgan fingerprint density at radius 2 is 2.10 bits per heavy atom. The minimum Gasteiger partial charge on any atom is -0.352 e. The number of halogens is 2. The molecule has 1 amide bonds. The molecule has 7 heteroatoms. The van der Waals surface area contributed by atoms with E-state index in [1.807, 2.05) is 0 Å². The Hall–Kier alpha value is -1.58. The maximum atomic E-state index is 13.7. The van der Waals surface area contributed by atoms with Gasteiger partial charge in [-0.05, 0) is 31.0 Å². The third kappa shape index (κ3) is 4.83. The van der Waals surface area contributed by atoms with E-state index in [1.54, 1.807) is 0 Å². The molecule has 1 rings (SSSR count). The van der Waals surface area contributed by atoms with Gasteiger partial charge in [0.2, 0.25) is 0 Å². The van der Waals surface area contributed by atoms with Gasteiger partial charge in [0.15, 0.2) is 0 Å². The third-order valence-corrected chi connectivity index (χ3v) is 3.85. The molecule has 1 N–H and O–H groups in total. The number of benzene rings is 1. The molecule has 1 aromatic rings. The monoisotopic (exact) mass is 317 g/mol. The minimum absolute atomic E-state index is 0.231. The number of rotatable bonds is 6. The van der Waals surface area contributed by atoms with E-state index in [9.17, 15) is 17.6 Å². The lowest BCUT2D eigenvalue weighted by molar-refractivity contribution is 0.0949. The van der Waals surface area contributed by atoms with Crippen molar-refractivity contribution in [3.05, 3.63) is 29.6 Å². The van der Waals surface area contributed by atoms with Gasteiger partial charge in [-0.2, -0.15) is 0 Å². The van der Waals surface area contributed by atoms with Crippen molar-refractivity contribution >= 4 is 25.6 Å². The lowest BCUT2D eigenvalue weighted by Crippen LogP contribution is -2.25. The van der Waals surface area contributed by atoms with Crippen LogP contribution in [0.4, 0.5) is 4.39 Å². The number of hydrogen-bond acceptors (Lipinski definition) is 3. The predicted octanol–water partition coefficient (Wildman–Crippen LogP) is 2.29. The zero-order chi connectivity index (χ0) is 15.2. The first-order chi connectivity index (χ1) is 9.36. The molecule has 108 valence electrons. The SMILES string of the molecule is C#CCCCCNC(=O)c1ccc(S(=O)(=O)Cl)cc1F. The van der Waals surface area contributed by atoms with Crippen LogP contribution in [0.5, 0.6) is 0 Å². The summed E-state index contributed by atoms with van der Waals surface area (Å²) in [5.74, 6) is 0.928. The van der Waals surface area contributed by atoms with E-state index in [4.69, 9.17) is 17.1 Å². The fourth-order valence-electron chi connectivity index (χ4n) is 1.48. The average Bonchev–Trinajstić information content (AvgIpc) is 2.37. The number of terminal acetylenes is 1. The Morgan fingerprint density at radius 1 is 1.40 bits per heavy atom. The summed E-state index contributed by atoms with van der Waals surface area (Å²) in [6.07, 6.45) is 7.15. The molecule has 0 aromatic heterocycles. The quantitative estimate of drug-likeness (QED) is 0.497. The van der Waals surface area contributed by atoms with Crippen LogP contribution >= 0.6 is 10.7 Å². The molecule has 4 nitrogen and oxygen atoms in total. The number of hydrogen-bond donors (Lipinski definition) is 1. The zero-order valence-electron chi connectivity index (χ0n) is 10.5. The van der Waals surface area contributed by atoms with Crippen molar-refractivity contribution in [3.8, 4) is 12.3 Å². The van der Waals surface area contributed by atoms with Gasteiger partial charge in [-0.1, -0.05) is 0 Å². The van der Waals surface area contributed by atoms with Crippen LogP contribution in [-0.2, 0) is 9.05 Å². The van der Waals surface area contributed by atoms with Crippen molar-refractivity contribution in [1.82, 2.24) is 5.32 Å². The molecule has 0 aliphatic carbocycles. The molecule has 0 aliphatic heterocycles. The van der Waals surface area contributed by atoms with Gasteiger partial charge in [0.05, 0.1) is 10.5 Å². The molecule has 0 saturated carbocycles. The van der Waals surface area contributed by atoms with E-state index in [2.05, 4.69) is 11.2 Å². The second-order valence-electron chi connectivity index (χ2n) is 4.00. The van der Waals surface area contributed by atoms with E-state index >= 15 is 0 Å². The Balaban J connectivity index is 2.68. The van der Waals surface area contributed by atoms with Gasteiger partial charge >= 0.3 is 0 Å². The molecule has 0 atom stereocenters. The summed E-state index contributed by atoms with van der Waals surface area (Å²) in [6, 6.07) is 2.88. The fraction of sp³-hybridized carbons (Fsp3) is 0.308. The van der Waals surface area contributed by atoms with E-state index in [0.717, 1.165) is 24.6 Å². The van der Waals surface area contributed by atoms with Gasteiger partial charge in [0.25, 0.3) is 15.0 Å². The summed E-state index contributed by atoms with van der Waals surface area (Å²) in [6.45, 7) is 0.371. The highest BCUT2D eigenvalue weighted by Gasteiger charge is 2.16. The average molecular weight is 318 g/mol. The van der Waals surface area contributed by atoms with Crippen LogP contribution in [-0.4, -0.2) is 20.9 Å². The highest BCUT2D eigenvalue weighted by atomic mass is 35.7. The fourth-order valence-corrected chi connectivity index (χ4v) is 2.24. The van der Waals surface area contributed by atoms with Crippen LogP contribution in [0.1, 0.15) is 29.6 Å². The van der Waals surface area contributed by atoms with Gasteiger partial charge < -0.3 is 5.32 Å². The molecule has 1 aromatic carbocycles. The molecule has 0 spiro atoms. The second kappa shape index (κ2) is 7.27. The summed E-state index contributed by atoms with van der Waals surface area (Å²) in [7, 11) is 1.07. The Labute approximate surface area is 121 Å². The first-order valence-corrected chi connectivity index (χ1v) is 8.13. The largest absolute Gasteiger partial charge is 0.352 e. The zero-order valence-corrected chi connectivity index (χ0v) is 12.1. The maximum Gasteiger partial charge on any atom is 0.261 e. The molecule has 0 fully saturated rings. The van der Waals surface area contributed by atoms with Gasteiger partial charge in [0, 0.05) is 23.6 Å². The Kier molecular flexibility index (Phi) is 5.99. The molecule has 0 saturated heterocycles. The van der Waals surface area contributed by atoms with Gasteiger partial charge in [-0.3, -0.25) is 4.79 Å². The molecular weight excluding hydrogens is 305 g/mol. The topological polar surface area (TPSA) is 63.2 Å². The molecule has 0 bridgehead atoms. The van der Waals surface area contributed by atoms with Crippen LogP contribution in [0.25, 0.3) is 0 Å². The summed E-state index contributed by atoms with van der Waals surface area (Å²) in [5, 5.41) is 2.53. The van der Waals surface area contributed by atoms with Gasteiger partial charge in [-0.15, -0.1) is 12.3 Å². The molecular formula is C13H13ClFNO3S. The van der Waals surface area contributed by atoms with Gasteiger partial charge in [-0.25, -0.2) is 12.8 Å². The molecule has 0 heterocycles. The lowest BCUT2D eigenvalue weighted by Gasteiger charge is -2.06. The van der Waals surface area contributed by atoms with Crippen molar-refractivity contribution in [3.63, 3.8) is 0 Å². The van der Waals surface area contributed by atoms with Crippen LogP contribution < -0.4 is 5.32 Å². The van der Waals surface area contributed by atoms with Crippen LogP contribution in [0.15, 0.2) is 23.1 Å². The second-order valence-corrected chi connectivity index (χ2v) is 6.56. The van der Waals surface area contributed by atoms with Crippen LogP contribution in [0.3, 0.4) is 0 Å². The van der Waals surface area contributed by atoms with Gasteiger partial charge in [0.1, 0.15) is 5.82 Å². The summed E-state index contributed by atoms with van der Waals surface area (Å²) in [5.41, 5.74) is -0.231. The van der Waals surface area contributed by atoms with Crippen molar-refractivity contribution in [2.24, 2.45) is 0 Å². The third-order valence-electron chi connectivity index (χ3n) is 2.50. The normalized spacial score (nSPS) is 10.8.